The van der Waals surface area contributed by atoms with Crippen LogP contribution in [0.15, 0.2) is 22.5 Å². The van der Waals surface area contributed by atoms with E-state index < -0.39 is 9.84 Å². The molecule has 12 heteroatoms. The average molecular weight is 485 g/mol. The zero-order chi connectivity index (χ0) is 22.0. The van der Waals surface area contributed by atoms with E-state index >= 15 is 0 Å². The Hall–Kier alpha value is -1.89. The first-order valence-electron chi connectivity index (χ1n) is 10.0. The number of hydrogen-bond acceptors (Lipinski definition) is 8. The van der Waals surface area contributed by atoms with Gasteiger partial charge in [-0.05, 0) is 37.0 Å². The lowest BCUT2D eigenvalue weighted by molar-refractivity contribution is -0.119. The second-order valence-corrected chi connectivity index (χ2v) is 12.2. The van der Waals surface area contributed by atoms with Crippen LogP contribution in [0.1, 0.15) is 12.8 Å². The number of nitrogens with zero attached hydrogens (tertiary/aromatic N) is 2. The third-order valence-electron chi connectivity index (χ3n) is 5.38. The van der Waals surface area contributed by atoms with Gasteiger partial charge < -0.3 is 20.6 Å². The van der Waals surface area contributed by atoms with Crippen molar-refractivity contribution in [2.24, 2.45) is 5.92 Å². The van der Waals surface area contributed by atoms with E-state index in [2.05, 4.69) is 15.6 Å². The van der Waals surface area contributed by atoms with Crippen molar-refractivity contribution in [2.75, 3.05) is 42.3 Å². The van der Waals surface area contributed by atoms with E-state index in [1.165, 1.54) is 23.1 Å². The maximum absolute atomic E-state index is 12.5. The number of piperidine rings is 1. The Morgan fingerprint density at radius 1 is 1.26 bits per heavy atom. The minimum Gasteiger partial charge on any atom is -0.396 e. The zero-order valence-electron chi connectivity index (χ0n) is 16.7. The summed E-state index contributed by atoms with van der Waals surface area (Å²) in [5.74, 6) is 0.264. The molecule has 4 rings (SSSR count). The van der Waals surface area contributed by atoms with Crippen molar-refractivity contribution >= 4 is 60.8 Å². The van der Waals surface area contributed by atoms with Crippen LogP contribution in [-0.4, -0.2) is 78.3 Å². The maximum atomic E-state index is 12.5. The molecule has 3 amide bonds. The van der Waals surface area contributed by atoms with Gasteiger partial charge in [0.15, 0.2) is 14.2 Å². The number of anilines is 1. The Morgan fingerprint density at radius 3 is 2.68 bits per heavy atom. The average Bonchev–Trinajstić information content (AvgIpc) is 3.13. The van der Waals surface area contributed by atoms with Crippen molar-refractivity contribution < 1.29 is 23.1 Å². The van der Waals surface area contributed by atoms with Crippen molar-refractivity contribution in [1.82, 2.24) is 15.2 Å². The number of aromatic nitrogens is 1. The van der Waals surface area contributed by atoms with Crippen LogP contribution in [0.4, 0.5) is 10.5 Å². The van der Waals surface area contributed by atoms with Crippen LogP contribution in [0.5, 0.6) is 0 Å². The van der Waals surface area contributed by atoms with Crippen LogP contribution in [0.2, 0.25) is 0 Å². The number of aliphatic hydroxyl groups is 1. The van der Waals surface area contributed by atoms with Gasteiger partial charge in [-0.3, -0.25) is 4.79 Å². The Kier molecular flexibility index (Phi) is 6.70. The molecular formula is C19H24N4O5S3. The molecule has 3 heterocycles. The van der Waals surface area contributed by atoms with Crippen LogP contribution in [0.3, 0.4) is 0 Å². The summed E-state index contributed by atoms with van der Waals surface area (Å²) in [7, 11) is -2.96. The number of benzene rings is 1. The van der Waals surface area contributed by atoms with Gasteiger partial charge in [0.25, 0.3) is 0 Å². The standard InChI is InChI=1S/C19H24N4O5S3/c24-8-12-3-5-23(6-4-12)18(26)21-13-1-2-15-16(7-13)30-19(22-15)29-9-17(25)20-14-10-31(27,28)11-14/h1-2,7,12,14,24H,3-6,8-11H2,(H,20,25)(H,21,26). The minimum atomic E-state index is -2.96. The molecule has 2 aliphatic rings. The maximum Gasteiger partial charge on any atom is 0.321 e. The number of urea groups is 1. The number of thioether (sulfide) groups is 1. The fraction of sp³-hybridized carbons (Fsp3) is 0.526. The molecule has 9 nitrogen and oxygen atoms in total. The first kappa shape index (κ1) is 22.3. The molecule has 1 aromatic carbocycles. The number of hydrogen-bond donors (Lipinski definition) is 3. The van der Waals surface area contributed by atoms with Gasteiger partial charge in [0, 0.05) is 25.4 Å². The lowest BCUT2D eigenvalue weighted by Crippen LogP contribution is -2.53. The summed E-state index contributed by atoms with van der Waals surface area (Å²) in [5, 5.41) is 14.9. The van der Waals surface area contributed by atoms with Gasteiger partial charge in [0.1, 0.15) is 0 Å². The predicted octanol–water partition coefficient (Wildman–Crippen LogP) is 1.54. The van der Waals surface area contributed by atoms with Crippen LogP contribution < -0.4 is 10.6 Å². The van der Waals surface area contributed by atoms with E-state index in [9.17, 15) is 23.1 Å². The predicted molar refractivity (Wildman–Crippen MR) is 121 cm³/mol. The van der Waals surface area contributed by atoms with Gasteiger partial charge in [-0.2, -0.15) is 0 Å². The van der Waals surface area contributed by atoms with Gasteiger partial charge in [0.05, 0.1) is 33.5 Å². The second-order valence-electron chi connectivity index (χ2n) is 7.84. The molecule has 1 aromatic heterocycles. The summed E-state index contributed by atoms with van der Waals surface area (Å²) in [5.41, 5.74) is 1.48. The molecule has 2 fully saturated rings. The van der Waals surface area contributed by atoms with Gasteiger partial charge in [0.2, 0.25) is 5.91 Å². The third-order valence-corrected chi connectivity index (χ3v) is 9.36. The molecule has 0 bridgehead atoms. The highest BCUT2D eigenvalue weighted by atomic mass is 32.2. The number of sulfone groups is 1. The van der Waals surface area contributed by atoms with Crippen molar-refractivity contribution in [2.45, 2.75) is 23.2 Å². The van der Waals surface area contributed by atoms with Crippen molar-refractivity contribution in [3.8, 4) is 0 Å². The molecule has 168 valence electrons. The third kappa shape index (κ3) is 5.68. The largest absolute Gasteiger partial charge is 0.396 e. The van der Waals surface area contributed by atoms with E-state index in [1.54, 1.807) is 11.0 Å². The Morgan fingerprint density at radius 2 is 2.00 bits per heavy atom. The molecule has 3 N–H and O–H groups in total. The van der Waals surface area contributed by atoms with Crippen LogP contribution in [-0.2, 0) is 14.6 Å². The fourth-order valence-corrected chi connectivity index (χ4v) is 6.82. The number of thiazole rings is 1. The molecule has 2 aliphatic heterocycles. The molecule has 2 saturated heterocycles. The van der Waals surface area contributed by atoms with E-state index in [-0.39, 0.29) is 47.8 Å². The highest BCUT2D eigenvalue weighted by molar-refractivity contribution is 8.01. The summed E-state index contributed by atoms with van der Waals surface area (Å²) >= 11 is 2.75. The highest BCUT2D eigenvalue weighted by Gasteiger charge is 2.34. The smallest absolute Gasteiger partial charge is 0.321 e. The van der Waals surface area contributed by atoms with E-state index in [0.29, 0.717) is 18.8 Å². The Labute approximate surface area is 188 Å². The first-order valence-corrected chi connectivity index (χ1v) is 13.6. The quantitative estimate of drug-likeness (QED) is 0.531. The highest BCUT2D eigenvalue weighted by Crippen LogP contribution is 2.31. The number of fused-ring (bicyclic) bond motifs is 1. The normalized spacial score (nSPS) is 19.2. The van der Waals surface area contributed by atoms with E-state index in [1.807, 2.05) is 12.1 Å². The van der Waals surface area contributed by atoms with Crippen LogP contribution in [0.25, 0.3) is 10.2 Å². The van der Waals surface area contributed by atoms with E-state index in [4.69, 9.17) is 0 Å². The molecule has 0 spiro atoms. The Bertz CT molecular complexity index is 1070. The van der Waals surface area contributed by atoms with Gasteiger partial charge in [-0.25, -0.2) is 18.2 Å². The molecule has 0 saturated carbocycles. The van der Waals surface area contributed by atoms with Crippen molar-refractivity contribution in [1.29, 1.82) is 0 Å². The number of likely N-dealkylation sites (tertiary alicyclic amines) is 1. The number of aliphatic hydroxyl groups excluding tert-OH is 1. The number of rotatable bonds is 6. The number of nitrogens with one attached hydrogen (secondary N) is 2. The zero-order valence-corrected chi connectivity index (χ0v) is 19.2. The van der Waals surface area contributed by atoms with Crippen LogP contribution >= 0.6 is 23.1 Å². The second kappa shape index (κ2) is 9.31. The first-order chi connectivity index (χ1) is 14.8. The van der Waals surface area contributed by atoms with Gasteiger partial charge in [-0.1, -0.05) is 11.8 Å². The summed E-state index contributed by atoms with van der Waals surface area (Å²) in [4.78, 5) is 30.8. The lowest BCUT2D eigenvalue weighted by atomic mass is 9.98. The summed E-state index contributed by atoms with van der Waals surface area (Å²) in [6.45, 7) is 1.44. The Balaban J connectivity index is 1.29. The number of carbonyl (C=O) groups is 2. The minimum absolute atomic E-state index is 0.0124. The van der Waals surface area contributed by atoms with Crippen LogP contribution in [0, 0.1) is 5.92 Å². The summed E-state index contributed by atoms with van der Waals surface area (Å²) in [6, 6.07) is 5.08. The molecular weight excluding hydrogens is 460 g/mol. The van der Waals surface area contributed by atoms with Crippen molar-refractivity contribution in [3.63, 3.8) is 0 Å². The molecule has 0 radical (unpaired) electrons. The van der Waals surface area contributed by atoms with Gasteiger partial charge >= 0.3 is 6.03 Å². The molecule has 31 heavy (non-hydrogen) atoms. The number of amides is 3. The molecule has 2 aromatic rings. The summed E-state index contributed by atoms with van der Waals surface area (Å²) < 4.78 is 24.0. The topological polar surface area (TPSA) is 129 Å². The van der Waals surface area contributed by atoms with Crippen molar-refractivity contribution in [3.05, 3.63) is 18.2 Å². The summed E-state index contributed by atoms with van der Waals surface area (Å²) in [6.07, 6.45) is 1.62. The SMILES string of the molecule is O=C(CSc1nc2ccc(NC(=O)N3CCC(CO)CC3)cc2s1)NC1CS(=O)(=O)C1. The monoisotopic (exact) mass is 484 g/mol. The molecule has 0 aliphatic carbocycles. The van der Waals surface area contributed by atoms with Gasteiger partial charge in [-0.15, -0.1) is 11.3 Å². The number of carbonyl (C=O) groups excluding carboxylic acids is 2. The molecule has 0 unspecified atom stereocenters. The fourth-order valence-electron chi connectivity index (χ4n) is 3.61. The van der Waals surface area contributed by atoms with E-state index in [0.717, 1.165) is 27.4 Å². The molecule has 0 atom stereocenters. The lowest BCUT2D eigenvalue weighted by Gasteiger charge is -2.31.